The quantitative estimate of drug-likeness (QED) is 0.179. The lowest BCUT2D eigenvalue weighted by Gasteiger charge is -2.32. The predicted molar refractivity (Wildman–Crippen MR) is 136 cm³/mol. The molecule has 1 aromatic rings. The summed E-state index contributed by atoms with van der Waals surface area (Å²) in [6, 6.07) is 3.92. The van der Waals surface area contributed by atoms with Crippen LogP contribution in [0.1, 0.15) is 80.7 Å². The molecular weight excluding hydrogens is 482 g/mol. The minimum atomic E-state index is -2.17. The Morgan fingerprint density at radius 3 is 1.92 bits per heavy atom. The van der Waals surface area contributed by atoms with Crippen molar-refractivity contribution in [3.05, 3.63) is 23.8 Å². The Hall–Kier alpha value is -3.14. The zero-order valence-corrected chi connectivity index (χ0v) is 23.4. The number of nitrogens with one attached hydrogen (secondary N) is 1. The molecule has 10 nitrogen and oxygen atoms in total. The van der Waals surface area contributed by atoms with Crippen molar-refractivity contribution in [1.29, 1.82) is 0 Å². The highest BCUT2D eigenvalue weighted by Crippen LogP contribution is 2.34. The number of unbranched alkanes of at least 4 members (excludes halogenated alkanes) is 1. The number of ether oxygens (including phenoxy) is 4. The van der Waals surface area contributed by atoms with Crippen LogP contribution in [0.25, 0.3) is 0 Å². The highest BCUT2D eigenvalue weighted by molar-refractivity contribution is 5.82. The summed E-state index contributed by atoms with van der Waals surface area (Å²) < 4.78 is 21.4. The van der Waals surface area contributed by atoms with E-state index < -0.39 is 40.6 Å². The van der Waals surface area contributed by atoms with Gasteiger partial charge in [-0.3, -0.25) is 14.9 Å². The van der Waals surface area contributed by atoms with Crippen molar-refractivity contribution in [2.24, 2.45) is 10.8 Å². The first-order valence-corrected chi connectivity index (χ1v) is 12.4. The Bertz CT molecular complexity index is 973. The van der Waals surface area contributed by atoms with Crippen molar-refractivity contribution in [1.82, 2.24) is 5.32 Å². The SMILES string of the molecule is CCCCOC(=O)O[C@](Cc1ccc(OC(=O)C(C)(C)C)c(OC(=O)C(C)(C)C)c1)(NC(C)C)C(=O)O. The Morgan fingerprint density at radius 1 is 0.919 bits per heavy atom. The molecule has 37 heavy (non-hydrogen) atoms. The van der Waals surface area contributed by atoms with Gasteiger partial charge in [-0.25, -0.2) is 9.59 Å². The fourth-order valence-electron chi connectivity index (χ4n) is 2.86. The van der Waals surface area contributed by atoms with Gasteiger partial charge in [0.2, 0.25) is 0 Å². The van der Waals surface area contributed by atoms with Crippen LogP contribution in [0.4, 0.5) is 4.79 Å². The van der Waals surface area contributed by atoms with Gasteiger partial charge in [0.15, 0.2) is 11.5 Å². The third kappa shape index (κ3) is 10.0. The van der Waals surface area contributed by atoms with Crippen LogP contribution in [-0.4, -0.2) is 47.5 Å². The number of esters is 2. The van der Waals surface area contributed by atoms with Crippen molar-refractivity contribution in [2.75, 3.05) is 6.61 Å². The van der Waals surface area contributed by atoms with Crippen molar-refractivity contribution >= 4 is 24.1 Å². The van der Waals surface area contributed by atoms with Gasteiger partial charge < -0.3 is 24.1 Å². The van der Waals surface area contributed by atoms with Crippen LogP contribution in [0, 0.1) is 10.8 Å². The van der Waals surface area contributed by atoms with Gasteiger partial charge in [-0.15, -0.1) is 0 Å². The second-order valence-electron chi connectivity index (χ2n) is 11.2. The molecular formula is C27H41NO9. The Morgan fingerprint density at radius 2 is 1.46 bits per heavy atom. The van der Waals surface area contributed by atoms with Gasteiger partial charge in [0.1, 0.15) is 0 Å². The summed E-state index contributed by atoms with van der Waals surface area (Å²) in [5, 5.41) is 12.9. The van der Waals surface area contributed by atoms with Crippen LogP contribution in [0.5, 0.6) is 11.5 Å². The van der Waals surface area contributed by atoms with E-state index in [0.29, 0.717) is 12.0 Å². The second kappa shape index (κ2) is 12.9. The Balaban J connectivity index is 3.46. The van der Waals surface area contributed by atoms with Crippen molar-refractivity contribution in [3.63, 3.8) is 0 Å². The summed E-state index contributed by atoms with van der Waals surface area (Å²) in [7, 11) is 0. The average Bonchev–Trinajstić information content (AvgIpc) is 2.73. The highest BCUT2D eigenvalue weighted by atomic mass is 16.7. The van der Waals surface area contributed by atoms with Gasteiger partial charge in [0, 0.05) is 12.5 Å². The van der Waals surface area contributed by atoms with E-state index in [0.717, 1.165) is 6.42 Å². The lowest BCUT2D eigenvalue weighted by molar-refractivity contribution is -0.166. The van der Waals surface area contributed by atoms with E-state index >= 15 is 0 Å². The van der Waals surface area contributed by atoms with Crippen LogP contribution >= 0.6 is 0 Å². The molecule has 1 aromatic carbocycles. The van der Waals surface area contributed by atoms with E-state index in [1.54, 1.807) is 55.4 Å². The summed E-state index contributed by atoms with van der Waals surface area (Å²) >= 11 is 0. The Kier molecular flexibility index (Phi) is 11.1. The summed E-state index contributed by atoms with van der Waals surface area (Å²) in [5.74, 6) is -2.64. The molecule has 0 aromatic heterocycles. The maximum absolute atomic E-state index is 12.6. The number of rotatable bonds is 11. The lowest BCUT2D eigenvalue weighted by atomic mass is 9.97. The second-order valence-corrected chi connectivity index (χ2v) is 11.2. The fraction of sp³-hybridized carbons (Fsp3) is 0.630. The fourth-order valence-corrected chi connectivity index (χ4v) is 2.86. The van der Waals surface area contributed by atoms with E-state index in [9.17, 15) is 24.3 Å². The first kappa shape index (κ1) is 31.9. The largest absolute Gasteiger partial charge is 0.510 e. The third-order valence-corrected chi connectivity index (χ3v) is 4.93. The topological polar surface area (TPSA) is 137 Å². The van der Waals surface area contributed by atoms with Gasteiger partial charge >= 0.3 is 24.1 Å². The number of benzene rings is 1. The van der Waals surface area contributed by atoms with E-state index in [1.165, 1.54) is 18.2 Å². The monoisotopic (exact) mass is 523 g/mol. The third-order valence-electron chi connectivity index (χ3n) is 4.93. The van der Waals surface area contributed by atoms with E-state index in [2.05, 4.69) is 5.32 Å². The number of carbonyl (C=O) groups excluding carboxylic acids is 3. The summed E-state index contributed by atoms with van der Waals surface area (Å²) in [6.07, 6.45) is -0.0794. The van der Waals surface area contributed by atoms with Gasteiger partial charge in [0.05, 0.1) is 17.4 Å². The van der Waals surface area contributed by atoms with Crippen LogP contribution in [0.3, 0.4) is 0 Å². The molecule has 208 valence electrons. The molecule has 0 saturated carbocycles. The smallest absolute Gasteiger partial charge is 0.477 e. The molecule has 0 spiro atoms. The van der Waals surface area contributed by atoms with Crippen molar-refractivity contribution < 1.29 is 43.2 Å². The normalized spacial score (nSPS) is 13.5. The van der Waals surface area contributed by atoms with E-state index in [-0.39, 0.29) is 30.6 Å². The maximum atomic E-state index is 12.6. The van der Waals surface area contributed by atoms with E-state index in [4.69, 9.17) is 18.9 Å². The van der Waals surface area contributed by atoms with Gasteiger partial charge in [-0.05, 0) is 79.5 Å². The van der Waals surface area contributed by atoms with Crippen LogP contribution in [-0.2, 0) is 30.3 Å². The summed E-state index contributed by atoms with van der Waals surface area (Å²) in [4.78, 5) is 49.9. The molecule has 0 amide bonds. The predicted octanol–water partition coefficient (Wildman–Crippen LogP) is 4.86. The van der Waals surface area contributed by atoms with Crippen molar-refractivity contribution in [3.8, 4) is 11.5 Å². The van der Waals surface area contributed by atoms with E-state index in [1.807, 2.05) is 6.92 Å². The van der Waals surface area contributed by atoms with Gasteiger partial charge in [0.25, 0.3) is 5.72 Å². The molecule has 0 aliphatic heterocycles. The molecule has 0 bridgehead atoms. The number of hydrogen-bond donors (Lipinski definition) is 2. The molecule has 1 atom stereocenters. The lowest BCUT2D eigenvalue weighted by Crippen LogP contribution is -2.59. The molecule has 0 saturated heterocycles. The molecule has 0 aliphatic rings. The van der Waals surface area contributed by atoms with Crippen LogP contribution < -0.4 is 14.8 Å². The maximum Gasteiger partial charge on any atom is 0.510 e. The standard InChI is InChI=1S/C27H41NO9/c1-10-11-14-34-24(33)37-27(21(29)30,28-17(2)3)16-18-12-13-19(35-22(31)25(4,5)6)20(15-18)36-23(32)26(7,8)9/h12-13,15,17,28H,10-11,14,16H2,1-9H3,(H,29,30)/t27-/m0/s1. The van der Waals surface area contributed by atoms with Gasteiger partial charge in [-0.2, -0.15) is 0 Å². The molecule has 0 radical (unpaired) electrons. The van der Waals surface area contributed by atoms with Crippen LogP contribution in [0.15, 0.2) is 18.2 Å². The molecule has 0 aliphatic carbocycles. The van der Waals surface area contributed by atoms with Crippen LogP contribution in [0.2, 0.25) is 0 Å². The van der Waals surface area contributed by atoms with Gasteiger partial charge in [-0.1, -0.05) is 19.4 Å². The molecule has 0 unspecified atom stereocenters. The number of carboxylic acids is 1. The average molecular weight is 524 g/mol. The molecule has 0 fully saturated rings. The Labute approximate surface area is 219 Å². The zero-order valence-electron chi connectivity index (χ0n) is 23.4. The molecule has 0 heterocycles. The minimum Gasteiger partial charge on any atom is -0.477 e. The zero-order chi connectivity index (χ0) is 28.6. The number of aliphatic carboxylic acids is 1. The number of carboxylic acid groups (broad SMARTS) is 1. The highest BCUT2D eigenvalue weighted by Gasteiger charge is 2.44. The number of carbonyl (C=O) groups is 4. The first-order valence-electron chi connectivity index (χ1n) is 12.4. The minimum absolute atomic E-state index is 0.00101. The van der Waals surface area contributed by atoms with Crippen molar-refractivity contribution in [2.45, 2.75) is 93.3 Å². The molecule has 1 rings (SSSR count). The number of hydrogen-bond acceptors (Lipinski definition) is 9. The summed E-state index contributed by atoms with van der Waals surface area (Å²) in [6.45, 7) is 15.5. The molecule has 10 heteroatoms. The molecule has 2 N–H and O–H groups in total. The first-order chi connectivity index (χ1) is 16.9. The summed E-state index contributed by atoms with van der Waals surface area (Å²) in [5.41, 5.74) is -3.53.